The number of pyridine rings is 1. The van der Waals surface area contributed by atoms with Crippen molar-refractivity contribution >= 4 is 5.69 Å². The molecule has 0 aliphatic carbocycles. The Kier molecular flexibility index (Phi) is 3.90. The molecule has 1 heterocycles. The van der Waals surface area contributed by atoms with Crippen molar-refractivity contribution in [2.45, 2.75) is 26.7 Å². The molecule has 0 saturated heterocycles. The van der Waals surface area contributed by atoms with Crippen molar-refractivity contribution in [3.05, 3.63) is 47.2 Å². The van der Waals surface area contributed by atoms with E-state index in [0.717, 1.165) is 5.56 Å². The molecule has 20 heavy (non-hydrogen) atoms. The first-order chi connectivity index (χ1) is 9.52. The van der Waals surface area contributed by atoms with E-state index in [-0.39, 0.29) is 11.6 Å². The standard InChI is InChI=1S/C16H17N3O/c1-10(2)14-5-4-13(8-11(14)3)20-16-15(18)12(9-17)6-7-19-16/h4-8,10H,18H2,1-3H3. The number of rotatable bonds is 3. The number of ether oxygens (including phenoxy) is 1. The molecule has 4 nitrogen and oxygen atoms in total. The van der Waals surface area contributed by atoms with Crippen molar-refractivity contribution in [1.82, 2.24) is 4.98 Å². The molecule has 2 N–H and O–H groups in total. The zero-order valence-corrected chi connectivity index (χ0v) is 11.8. The largest absolute Gasteiger partial charge is 0.437 e. The summed E-state index contributed by atoms with van der Waals surface area (Å²) in [5, 5.41) is 8.94. The van der Waals surface area contributed by atoms with Gasteiger partial charge in [-0.3, -0.25) is 0 Å². The molecule has 0 unspecified atom stereocenters. The van der Waals surface area contributed by atoms with Gasteiger partial charge >= 0.3 is 0 Å². The molecule has 0 aliphatic heterocycles. The normalized spacial score (nSPS) is 10.3. The van der Waals surface area contributed by atoms with Crippen molar-refractivity contribution in [3.63, 3.8) is 0 Å². The lowest BCUT2D eigenvalue weighted by molar-refractivity contribution is 0.464. The molecule has 0 radical (unpaired) electrons. The quantitative estimate of drug-likeness (QED) is 0.919. The van der Waals surface area contributed by atoms with E-state index < -0.39 is 0 Å². The fraction of sp³-hybridized carbons (Fsp3) is 0.250. The van der Waals surface area contributed by atoms with E-state index in [4.69, 9.17) is 15.7 Å². The van der Waals surface area contributed by atoms with Crippen molar-refractivity contribution in [3.8, 4) is 17.7 Å². The van der Waals surface area contributed by atoms with E-state index >= 15 is 0 Å². The van der Waals surface area contributed by atoms with E-state index in [1.807, 2.05) is 31.2 Å². The van der Waals surface area contributed by atoms with Crippen LogP contribution < -0.4 is 10.5 Å². The summed E-state index contributed by atoms with van der Waals surface area (Å²) < 4.78 is 5.68. The Balaban J connectivity index is 2.32. The third kappa shape index (κ3) is 2.72. The molecular formula is C16H17N3O. The van der Waals surface area contributed by atoms with Gasteiger partial charge in [-0.25, -0.2) is 4.98 Å². The van der Waals surface area contributed by atoms with Crippen LogP contribution in [0.25, 0.3) is 0 Å². The minimum Gasteiger partial charge on any atom is -0.437 e. The number of benzene rings is 1. The SMILES string of the molecule is Cc1cc(Oc2nccc(C#N)c2N)ccc1C(C)C. The molecular weight excluding hydrogens is 250 g/mol. The van der Waals surface area contributed by atoms with Crippen LogP contribution >= 0.6 is 0 Å². The first-order valence-corrected chi connectivity index (χ1v) is 6.46. The summed E-state index contributed by atoms with van der Waals surface area (Å²) in [5.41, 5.74) is 8.92. The number of nitriles is 1. The van der Waals surface area contributed by atoms with Gasteiger partial charge < -0.3 is 10.5 Å². The van der Waals surface area contributed by atoms with Gasteiger partial charge in [0.2, 0.25) is 5.88 Å². The van der Waals surface area contributed by atoms with Gasteiger partial charge in [-0.1, -0.05) is 19.9 Å². The van der Waals surface area contributed by atoms with Crippen LogP contribution in [-0.4, -0.2) is 4.98 Å². The molecule has 1 aromatic carbocycles. The minimum atomic E-state index is 0.264. The maximum Gasteiger partial charge on any atom is 0.244 e. The summed E-state index contributed by atoms with van der Waals surface area (Å²) in [6.07, 6.45) is 1.51. The Bertz CT molecular complexity index is 672. The summed E-state index contributed by atoms with van der Waals surface area (Å²) >= 11 is 0. The minimum absolute atomic E-state index is 0.264. The Hall–Kier alpha value is -2.54. The Morgan fingerprint density at radius 1 is 1.30 bits per heavy atom. The summed E-state index contributed by atoms with van der Waals surface area (Å²) in [4.78, 5) is 4.07. The maximum absolute atomic E-state index is 8.94. The van der Waals surface area contributed by atoms with Gasteiger partial charge in [0.15, 0.2) is 0 Å². The molecule has 2 aromatic rings. The van der Waals surface area contributed by atoms with E-state index in [0.29, 0.717) is 17.2 Å². The lowest BCUT2D eigenvalue weighted by atomic mass is 9.98. The molecule has 0 amide bonds. The summed E-state index contributed by atoms with van der Waals surface area (Å²) in [6, 6.07) is 9.46. The summed E-state index contributed by atoms with van der Waals surface area (Å²) in [5.74, 6) is 1.40. The molecule has 102 valence electrons. The van der Waals surface area contributed by atoms with Crippen LogP contribution in [-0.2, 0) is 0 Å². The summed E-state index contributed by atoms with van der Waals surface area (Å²) in [6.45, 7) is 6.35. The van der Waals surface area contributed by atoms with Gasteiger partial charge in [-0.05, 0) is 42.2 Å². The monoisotopic (exact) mass is 267 g/mol. The maximum atomic E-state index is 8.94. The average molecular weight is 267 g/mol. The van der Waals surface area contributed by atoms with Gasteiger partial charge in [0.25, 0.3) is 0 Å². The molecule has 1 aromatic heterocycles. The average Bonchev–Trinajstić information content (AvgIpc) is 2.41. The van der Waals surface area contributed by atoms with E-state index in [1.165, 1.54) is 11.8 Å². The fourth-order valence-corrected chi connectivity index (χ4v) is 2.10. The van der Waals surface area contributed by atoms with Crippen LogP contribution in [0.5, 0.6) is 11.6 Å². The van der Waals surface area contributed by atoms with E-state index in [9.17, 15) is 0 Å². The van der Waals surface area contributed by atoms with Gasteiger partial charge in [-0.15, -0.1) is 0 Å². The van der Waals surface area contributed by atoms with Crippen molar-refractivity contribution < 1.29 is 4.74 Å². The first-order valence-electron chi connectivity index (χ1n) is 6.46. The predicted octanol–water partition coefficient (Wildman–Crippen LogP) is 3.76. The molecule has 0 bridgehead atoms. The molecule has 0 fully saturated rings. The molecule has 0 aliphatic rings. The highest BCUT2D eigenvalue weighted by Gasteiger charge is 2.10. The van der Waals surface area contributed by atoms with Crippen LogP contribution in [0.4, 0.5) is 5.69 Å². The van der Waals surface area contributed by atoms with Crippen LogP contribution in [0.15, 0.2) is 30.5 Å². The second-order valence-electron chi connectivity index (χ2n) is 4.96. The highest BCUT2D eigenvalue weighted by atomic mass is 16.5. The third-order valence-electron chi connectivity index (χ3n) is 3.15. The first kappa shape index (κ1) is 13.9. The number of aryl methyl sites for hydroxylation is 1. The Morgan fingerprint density at radius 3 is 2.65 bits per heavy atom. The van der Waals surface area contributed by atoms with Gasteiger partial charge in [-0.2, -0.15) is 5.26 Å². The van der Waals surface area contributed by atoms with E-state index in [1.54, 1.807) is 6.07 Å². The van der Waals surface area contributed by atoms with Gasteiger partial charge in [0, 0.05) is 6.20 Å². The highest BCUT2D eigenvalue weighted by Crippen LogP contribution is 2.29. The zero-order valence-electron chi connectivity index (χ0n) is 11.8. The van der Waals surface area contributed by atoms with Crippen LogP contribution in [0.1, 0.15) is 36.5 Å². The molecule has 4 heteroatoms. The van der Waals surface area contributed by atoms with Gasteiger partial charge in [0.1, 0.15) is 17.5 Å². The van der Waals surface area contributed by atoms with Crippen LogP contribution in [0.3, 0.4) is 0 Å². The van der Waals surface area contributed by atoms with Crippen molar-refractivity contribution in [1.29, 1.82) is 5.26 Å². The third-order valence-corrected chi connectivity index (χ3v) is 3.15. The molecule has 0 saturated carbocycles. The molecule has 2 rings (SSSR count). The van der Waals surface area contributed by atoms with E-state index in [2.05, 4.69) is 18.8 Å². The van der Waals surface area contributed by atoms with Crippen molar-refractivity contribution in [2.24, 2.45) is 0 Å². The predicted molar refractivity (Wildman–Crippen MR) is 78.7 cm³/mol. The number of anilines is 1. The second kappa shape index (κ2) is 5.62. The lowest BCUT2D eigenvalue weighted by Gasteiger charge is -2.12. The lowest BCUT2D eigenvalue weighted by Crippen LogP contribution is -1.99. The number of nitrogens with two attached hydrogens (primary N) is 1. The fourth-order valence-electron chi connectivity index (χ4n) is 2.10. The number of aromatic nitrogens is 1. The number of nitrogens with zero attached hydrogens (tertiary/aromatic N) is 2. The number of hydrogen-bond acceptors (Lipinski definition) is 4. The highest BCUT2D eigenvalue weighted by molar-refractivity contribution is 5.60. The number of hydrogen-bond donors (Lipinski definition) is 1. The second-order valence-corrected chi connectivity index (χ2v) is 4.96. The van der Waals surface area contributed by atoms with Crippen molar-refractivity contribution in [2.75, 3.05) is 5.73 Å². The molecule has 0 spiro atoms. The smallest absolute Gasteiger partial charge is 0.244 e. The van der Waals surface area contributed by atoms with Crippen LogP contribution in [0.2, 0.25) is 0 Å². The number of nitrogen functional groups attached to an aromatic ring is 1. The topological polar surface area (TPSA) is 71.9 Å². The Labute approximate surface area is 118 Å². The van der Waals surface area contributed by atoms with Gasteiger partial charge in [0.05, 0.1) is 5.56 Å². The Morgan fingerprint density at radius 2 is 2.05 bits per heavy atom. The zero-order chi connectivity index (χ0) is 14.7. The summed E-state index contributed by atoms with van der Waals surface area (Å²) in [7, 11) is 0. The molecule has 0 atom stereocenters. The van der Waals surface area contributed by atoms with Crippen LogP contribution in [0, 0.1) is 18.3 Å².